The summed E-state index contributed by atoms with van der Waals surface area (Å²) in [5.41, 5.74) is 2.61. The van der Waals surface area contributed by atoms with Crippen LogP contribution in [0.5, 0.6) is 11.5 Å². The van der Waals surface area contributed by atoms with Gasteiger partial charge in [0.25, 0.3) is 5.91 Å². The smallest absolute Gasteiger partial charge is 0.254 e. The van der Waals surface area contributed by atoms with Crippen LogP contribution in [-0.4, -0.2) is 55.0 Å². The number of hydrogen-bond donors (Lipinski definition) is 0. The highest BCUT2D eigenvalue weighted by Gasteiger charge is 2.41. The summed E-state index contributed by atoms with van der Waals surface area (Å²) in [4.78, 5) is 30.1. The zero-order chi connectivity index (χ0) is 22.7. The molecule has 2 aromatic rings. The summed E-state index contributed by atoms with van der Waals surface area (Å²) in [6, 6.07) is 15.0. The minimum atomic E-state index is -0.217. The maximum Gasteiger partial charge on any atom is 0.254 e. The summed E-state index contributed by atoms with van der Waals surface area (Å²) in [6.07, 6.45) is 0.507. The Kier molecular flexibility index (Phi) is 6.31. The van der Waals surface area contributed by atoms with Gasteiger partial charge in [0.05, 0.1) is 32.2 Å². The Balaban J connectivity index is 1.73. The molecule has 2 aromatic carbocycles. The molecule has 1 saturated heterocycles. The predicted octanol–water partition coefficient (Wildman–Crippen LogP) is 3.34. The average molecular weight is 434 g/mol. The molecule has 2 amide bonds. The number of carbonyl (C=O) groups excluding carboxylic acids is 2. The molecule has 0 spiro atoms. The monoisotopic (exact) mass is 433 g/mol. The number of fused-ring (bicyclic) bond motifs is 3. The topological polar surface area (TPSA) is 82.9 Å². The van der Waals surface area contributed by atoms with Crippen LogP contribution in [0.2, 0.25) is 0 Å². The first-order valence-corrected chi connectivity index (χ1v) is 10.8. The first-order chi connectivity index (χ1) is 15.5. The van der Waals surface area contributed by atoms with Crippen LogP contribution >= 0.6 is 0 Å². The third-order valence-corrected chi connectivity index (χ3v) is 6.18. The van der Waals surface area contributed by atoms with E-state index in [9.17, 15) is 9.59 Å². The quantitative estimate of drug-likeness (QED) is 0.739. The van der Waals surface area contributed by atoms with Gasteiger partial charge in [-0.1, -0.05) is 17.7 Å². The van der Waals surface area contributed by atoms with E-state index in [1.54, 1.807) is 36.3 Å². The molecule has 2 aliphatic heterocycles. The van der Waals surface area contributed by atoms with E-state index in [1.807, 2.05) is 24.0 Å². The van der Waals surface area contributed by atoms with Crippen molar-refractivity contribution in [2.45, 2.75) is 25.8 Å². The number of methoxy groups -OCH3 is 1. The van der Waals surface area contributed by atoms with E-state index in [1.165, 1.54) is 0 Å². The highest BCUT2D eigenvalue weighted by Crippen LogP contribution is 2.42. The number of nitriles is 1. The molecule has 0 radical (unpaired) electrons. The van der Waals surface area contributed by atoms with Gasteiger partial charge in [-0.3, -0.25) is 9.59 Å². The van der Waals surface area contributed by atoms with Gasteiger partial charge < -0.3 is 19.3 Å². The Labute approximate surface area is 188 Å². The summed E-state index contributed by atoms with van der Waals surface area (Å²) in [6.45, 7) is 3.58. The van der Waals surface area contributed by atoms with Crippen LogP contribution in [-0.2, 0) is 4.79 Å². The fourth-order valence-corrected chi connectivity index (χ4v) is 4.57. The Morgan fingerprint density at radius 3 is 2.75 bits per heavy atom. The number of carbonyl (C=O) groups is 2. The fraction of sp³-hybridized carbons (Fsp3) is 0.400. The van der Waals surface area contributed by atoms with Gasteiger partial charge in [-0.15, -0.1) is 0 Å². The number of nitrogens with zero attached hydrogens (tertiary/aromatic N) is 3. The van der Waals surface area contributed by atoms with E-state index >= 15 is 0 Å². The molecule has 0 N–H and O–H groups in total. The molecule has 0 aliphatic carbocycles. The van der Waals surface area contributed by atoms with Crippen molar-refractivity contribution >= 4 is 11.8 Å². The van der Waals surface area contributed by atoms with Gasteiger partial charge in [-0.05, 0) is 37.3 Å². The van der Waals surface area contributed by atoms with Crippen LogP contribution in [0, 0.1) is 24.2 Å². The van der Waals surface area contributed by atoms with E-state index in [-0.39, 0.29) is 36.6 Å². The zero-order valence-electron chi connectivity index (χ0n) is 18.4. The number of amides is 2. The summed E-state index contributed by atoms with van der Waals surface area (Å²) in [5.74, 6) is 1.22. The van der Waals surface area contributed by atoms with Crippen molar-refractivity contribution in [3.63, 3.8) is 0 Å². The molecule has 4 rings (SSSR count). The SMILES string of the molecule is COc1ccc(C(=O)N2CCC(=O)N(CCC#N)C[C@H]3COc4ccc(C)cc4[C@H]32)cc1. The summed E-state index contributed by atoms with van der Waals surface area (Å²) >= 11 is 0. The van der Waals surface area contributed by atoms with E-state index in [0.717, 1.165) is 16.9 Å². The van der Waals surface area contributed by atoms with Gasteiger partial charge in [0.2, 0.25) is 5.91 Å². The van der Waals surface area contributed by atoms with Gasteiger partial charge in [-0.25, -0.2) is 0 Å². The molecule has 1 fully saturated rings. The molecular formula is C25H27N3O4. The van der Waals surface area contributed by atoms with E-state index < -0.39 is 0 Å². The average Bonchev–Trinajstić information content (AvgIpc) is 2.81. The van der Waals surface area contributed by atoms with Crippen LogP contribution in [0.4, 0.5) is 0 Å². The number of rotatable bonds is 4. The second-order valence-electron chi connectivity index (χ2n) is 8.28. The maximum absolute atomic E-state index is 13.7. The van der Waals surface area contributed by atoms with E-state index in [2.05, 4.69) is 12.1 Å². The second-order valence-corrected chi connectivity index (χ2v) is 8.28. The minimum absolute atomic E-state index is 0.0405. The lowest BCUT2D eigenvalue weighted by atomic mass is 9.86. The number of ether oxygens (including phenoxy) is 2. The standard InChI is InChI=1S/C25H27N3O4/c1-17-4-9-22-21(14-17)24-19(16-32-22)15-27(12-3-11-26)23(29)10-13-28(24)25(30)18-5-7-20(31-2)8-6-18/h4-9,14,19,24H,3,10,12-13,15-16H2,1-2H3/t19-,24-/m0/s1. The molecule has 7 heteroatoms. The summed E-state index contributed by atoms with van der Waals surface area (Å²) < 4.78 is 11.3. The van der Waals surface area contributed by atoms with Crippen molar-refractivity contribution in [1.82, 2.24) is 9.80 Å². The van der Waals surface area contributed by atoms with Crippen LogP contribution in [0.1, 0.15) is 40.4 Å². The zero-order valence-corrected chi connectivity index (χ0v) is 18.4. The molecule has 32 heavy (non-hydrogen) atoms. The van der Waals surface area contributed by atoms with Gasteiger partial charge in [0, 0.05) is 43.1 Å². The van der Waals surface area contributed by atoms with Crippen molar-refractivity contribution in [2.75, 3.05) is 33.4 Å². The molecule has 2 heterocycles. The molecule has 2 atom stereocenters. The van der Waals surface area contributed by atoms with Crippen LogP contribution in [0.3, 0.4) is 0 Å². The molecular weight excluding hydrogens is 406 g/mol. The van der Waals surface area contributed by atoms with Crippen LogP contribution in [0.25, 0.3) is 0 Å². The van der Waals surface area contributed by atoms with Crippen molar-refractivity contribution < 1.29 is 19.1 Å². The molecule has 0 unspecified atom stereocenters. The third kappa shape index (κ3) is 4.26. The largest absolute Gasteiger partial charge is 0.497 e. The van der Waals surface area contributed by atoms with Gasteiger partial charge in [0.1, 0.15) is 11.5 Å². The van der Waals surface area contributed by atoms with Crippen molar-refractivity contribution in [2.24, 2.45) is 5.92 Å². The highest BCUT2D eigenvalue weighted by molar-refractivity contribution is 5.95. The lowest BCUT2D eigenvalue weighted by Gasteiger charge is -2.44. The molecule has 0 saturated carbocycles. The molecule has 7 nitrogen and oxygen atoms in total. The predicted molar refractivity (Wildman–Crippen MR) is 118 cm³/mol. The maximum atomic E-state index is 13.7. The Hall–Kier alpha value is -3.53. The highest BCUT2D eigenvalue weighted by atomic mass is 16.5. The van der Waals surface area contributed by atoms with Gasteiger partial charge in [-0.2, -0.15) is 5.26 Å². The van der Waals surface area contributed by atoms with E-state index in [0.29, 0.717) is 37.6 Å². The lowest BCUT2D eigenvalue weighted by Crippen LogP contribution is -2.51. The van der Waals surface area contributed by atoms with E-state index in [4.69, 9.17) is 14.7 Å². The van der Waals surface area contributed by atoms with Gasteiger partial charge in [0.15, 0.2) is 0 Å². The first-order valence-electron chi connectivity index (χ1n) is 10.8. The molecule has 166 valence electrons. The normalized spacial score (nSPS) is 20.2. The molecule has 0 aromatic heterocycles. The first kappa shape index (κ1) is 21.7. The summed E-state index contributed by atoms with van der Waals surface area (Å²) in [5, 5.41) is 9.01. The van der Waals surface area contributed by atoms with Crippen LogP contribution in [0.15, 0.2) is 42.5 Å². The Bertz CT molecular complexity index is 1040. The molecule has 0 bridgehead atoms. The van der Waals surface area contributed by atoms with Crippen molar-refractivity contribution in [1.29, 1.82) is 5.26 Å². The van der Waals surface area contributed by atoms with Crippen molar-refractivity contribution in [3.05, 3.63) is 59.2 Å². The Morgan fingerprint density at radius 2 is 2.03 bits per heavy atom. The minimum Gasteiger partial charge on any atom is -0.497 e. The number of aryl methyl sites for hydroxylation is 1. The fourth-order valence-electron chi connectivity index (χ4n) is 4.57. The van der Waals surface area contributed by atoms with Gasteiger partial charge >= 0.3 is 0 Å². The second kappa shape index (κ2) is 9.31. The number of benzene rings is 2. The third-order valence-electron chi connectivity index (χ3n) is 6.18. The van der Waals surface area contributed by atoms with Crippen molar-refractivity contribution in [3.8, 4) is 17.6 Å². The Morgan fingerprint density at radius 1 is 1.25 bits per heavy atom. The number of hydrogen-bond acceptors (Lipinski definition) is 5. The van der Waals surface area contributed by atoms with Crippen LogP contribution < -0.4 is 9.47 Å². The summed E-state index contributed by atoms with van der Waals surface area (Å²) in [7, 11) is 1.59. The lowest BCUT2D eigenvalue weighted by molar-refractivity contribution is -0.134. The molecule has 2 aliphatic rings.